The molecule has 1 aromatic rings. The van der Waals surface area contributed by atoms with Crippen molar-refractivity contribution in [3.05, 3.63) is 27.9 Å². The van der Waals surface area contributed by atoms with Crippen molar-refractivity contribution in [3.63, 3.8) is 0 Å². The van der Waals surface area contributed by atoms with E-state index in [1.807, 2.05) is 7.05 Å². The second kappa shape index (κ2) is 5.96. The molecule has 0 unspecified atom stereocenters. The van der Waals surface area contributed by atoms with Gasteiger partial charge < -0.3 is 10.3 Å². The van der Waals surface area contributed by atoms with Crippen LogP contribution in [-0.2, 0) is 6.54 Å². The average molecular weight is 235 g/mol. The fourth-order valence-electron chi connectivity index (χ4n) is 2.55. The number of rotatable bonds is 3. The molecule has 0 radical (unpaired) electrons. The Morgan fingerprint density at radius 2 is 2.06 bits per heavy atom. The van der Waals surface area contributed by atoms with Crippen molar-refractivity contribution in [1.29, 1.82) is 0 Å². The van der Waals surface area contributed by atoms with Crippen molar-refractivity contribution in [1.82, 2.24) is 15.3 Å². The molecule has 0 amide bonds. The maximum Gasteiger partial charge on any atom is 0.251 e. The van der Waals surface area contributed by atoms with Gasteiger partial charge in [0, 0.05) is 18.5 Å². The Hall–Kier alpha value is -1.16. The van der Waals surface area contributed by atoms with E-state index in [1.54, 1.807) is 6.07 Å². The first-order valence-corrected chi connectivity index (χ1v) is 6.54. The number of aromatic nitrogens is 2. The topological polar surface area (TPSA) is 57.8 Å². The number of nitrogens with one attached hydrogen (secondary N) is 2. The van der Waals surface area contributed by atoms with E-state index in [0.717, 1.165) is 24.4 Å². The van der Waals surface area contributed by atoms with Crippen molar-refractivity contribution >= 4 is 0 Å². The predicted molar refractivity (Wildman–Crippen MR) is 68.1 cm³/mol. The maximum atomic E-state index is 11.6. The van der Waals surface area contributed by atoms with Gasteiger partial charge in [0.25, 0.3) is 5.56 Å². The fourth-order valence-corrected chi connectivity index (χ4v) is 2.55. The minimum atomic E-state index is -0.0236. The van der Waals surface area contributed by atoms with E-state index in [9.17, 15) is 4.79 Å². The molecule has 2 rings (SSSR count). The number of aromatic amines is 1. The van der Waals surface area contributed by atoms with Gasteiger partial charge in [0.15, 0.2) is 0 Å². The zero-order valence-corrected chi connectivity index (χ0v) is 10.5. The molecule has 1 aliphatic carbocycles. The summed E-state index contributed by atoms with van der Waals surface area (Å²) in [6, 6.07) is 1.58. The highest BCUT2D eigenvalue weighted by molar-refractivity contribution is 5.06. The van der Waals surface area contributed by atoms with Crippen molar-refractivity contribution < 1.29 is 0 Å². The molecular formula is C13H21N3O. The third-order valence-corrected chi connectivity index (χ3v) is 3.41. The summed E-state index contributed by atoms with van der Waals surface area (Å²) < 4.78 is 0. The predicted octanol–water partition coefficient (Wildman–Crippen LogP) is 1.93. The Balaban J connectivity index is 2.20. The summed E-state index contributed by atoms with van der Waals surface area (Å²) in [5, 5.41) is 3.04. The summed E-state index contributed by atoms with van der Waals surface area (Å²) in [4.78, 5) is 19.1. The minimum absolute atomic E-state index is 0.0236. The lowest BCUT2D eigenvalue weighted by molar-refractivity contribution is 0.553. The van der Waals surface area contributed by atoms with Crippen LogP contribution in [0.15, 0.2) is 10.9 Å². The van der Waals surface area contributed by atoms with Gasteiger partial charge in [0.1, 0.15) is 5.82 Å². The molecule has 0 saturated heterocycles. The fraction of sp³-hybridized carbons (Fsp3) is 0.692. The zero-order chi connectivity index (χ0) is 12.1. The average Bonchev–Trinajstić information content (AvgIpc) is 2.57. The van der Waals surface area contributed by atoms with E-state index in [-0.39, 0.29) is 5.56 Å². The summed E-state index contributed by atoms with van der Waals surface area (Å²) in [6.07, 6.45) is 7.46. The van der Waals surface area contributed by atoms with E-state index in [4.69, 9.17) is 0 Å². The quantitative estimate of drug-likeness (QED) is 0.787. The Morgan fingerprint density at radius 1 is 1.35 bits per heavy atom. The molecule has 1 heterocycles. The lowest BCUT2D eigenvalue weighted by atomic mass is 9.99. The van der Waals surface area contributed by atoms with Crippen LogP contribution in [0.2, 0.25) is 0 Å². The normalized spacial score (nSPS) is 17.9. The molecule has 0 aliphatic heterocycles. The summed E-state index contributed by atoms with van der Waals surface area (Å²) in [7, 11) is 1.87. The number of hydrogen-bond donors (Lipinski definition) is 2. The van der Waals surface area contributed by atoms with Crippen molar-refractivity contribution in [3.8, 4) is 0 Å². The van der Waals surface area contributed by atoms with Crippen LogP contribution in [0.3, 0.4) is 0 Å². The van der Waals surface area contributed by atoms with Gasteiger partial charge in [-0.25, -0.2) is 4.98 Å². The lowest BCUT2D eigenvalue weighted by Gasteiger charge is -2.13. The first-order valence-electron chi connectivity index (χ1n) is 6.54. The maximum absolute atomic E-state index is 11.6. The van der Waals surface area contributed by atoms with Gasteiger partial charge in [-0.3, -0.25) is 4.79 Å². The van der Waals surface area contributed by atoms with Crippen LogP contribution in [0, 0.1) is 0 Å². The minimum Gasteiger partial charge on any atom is -0.314 e. The summed E-state index contributed by atoms with van der Waals surface area (Å²) >= 11 is 0. The van der Waals surface area contributed by atoms with Crippen molar-refractivity contribution in [2.75, 3.05) is 7.05 Å². The molecule has 4 heteroatoms. The highest BCUT2D eigenvalue weighted by Crippen LogP contribution is 2.28. The molecule has 1 aliphatic rings. The molecule has 1 fully saturated rings. The standard InChI is InChI=1S/C13H21N3O/c1-14-9-11-8-12(17)16-13(15-11)10-6-4-2-3-5-7-10/h8,10,14H,2-7,9H2,1H3,(H,15,16,17). The van der Waals surface area contributed by atoms with Crippen LogP contribution in [0.1, 0.15) is 56.0 Å². The highest BCUT2D eigenvalue weighted by atomic mass is 16.1. The SMILES string of the molecule is CNCc1cc(=O)[nH]c(C2CCCCCC2)n1. The van der Waals surface area contributed by atoms with E-state index in [1.165, 1.54) is 25.7 Å². The van der Waals surface area contributed by atoms with E-state index >= 15 is 0 Å². The first-order chi connectivity index (χ1) is 8.29. The van der Waals surface area contributed by atoms with Gasteiger partial charge in [-0.2, -0.15) is 0 Å². The van der Waals surface area contributed by atoms with E-state index in [2.05, 4.69) is 15.3 Å². The van der Waals surface area contributed by atoms with Gasteiger partial charge in [-0.05, 0) is 19.9 Å². The van der Waals surface area contributed by atoms with Crippen LogP contribution in [0.25, 0.3) is 0 Å². The van der Waals surface area contributed by atoms with Gasteiger partial charge in [-0.15, -0.1) is 0 Å². The third kappa shape index (κ3) is 3.40. The largest absolute Gasteiger partial charge is 0.314 e. The van der Waals surface area contributed by atoms with Crippen LogP contribution >= 0.6 is 0 Å². The molecule has 0 spiro atoms. The highest BCUT2D eigenvalue weighted by Gasteiger charge is 2.17. The second-order valence-corrected chi connectivity index (χ2v) is 4.84. The van der Waals surface area contributed by atoms with Crippen molar-refractivity contribution in [2.24, 2.45) is 0 Å². The number of nitrogens with zero attached hydrogens (tertiary/aromatic N) is 1. The van der Waals surface area contributed by atoms with Gasteiger partial charge in [-0.1, -0.05) is 25.7 Å². The molecule has 2 N–H and O–H groups in total. The molecule has 0 atom stereocenters. The van der Waals surface area contributed by atoms with Crippen LogP contribution < -0.4 is 10.9 Å². The summed E-state index contributed by atoms with van der Waals surface area (Å²) in [5.41, 5.74) is 0.819. The van der Waals surface area contributed by atoms with Crippen LogP contribution in [0.5, 0.6) is 0 Å². The summed E-state index contributed by atoms with van der Waals surface area (Å²) in [5.74, 6) is 1.34. The Labute approximate surface area is 102 Å². The monoisotopic (exact) mass is 235 g/mol. The van der Waals surface area contributed by atoms with Crippen LogP contribution in [0.4, 0.5) is 0 Å². The molecule has 94 valence electrons. The van der Waals surface area contributed by atoms with Crippen molar-refractivity contribution in [2.45, 2.75) is 51.0 Å². The second-order valence-electron chi connectivity index (χ2n) is 4.84. The molecular weight excluding hydrogens is 214 g/mol. The first kappa shape index (κ1) is 12.3. The smallest absolute Gasteiger partial charge is 0.251 e. The Morgan fingerprint density at radius 3 is 2.71 bits per heavy atom. The number of hydrogen-bond acceptors (Lipinski definition) is 3. The van der Waals surface area contributed by atoms with Gasteiger partial charge >= 0.3 is 0 Å². The zero-order valence-electron chi connectivity index (χ0n) is 10.5. The van der Waals surface area contributed by atoms with E-state index < -0.39 is 0 Å². The lowest BCUT2D eigenvalue weighted by Crippen LogP contribution is -2.18. The Kier molecular flexibility index (Phi) is 4.31. The molecule has 0 bridgehead atoms. The van der Waals surface area contributed by atoms with Gasteiger partial charge in [0.05, 0.1) is 5.69 Å². The molecule has 1 saturated carbocycles. The summed E-state index contributed by atoms with van der Waals surface area (Å²) in [6.45, 7) is 0.656. The third-order valence-electron chi connectivity index (χ3n) is 3.41. The number of H-pyrrole nitrogens is 1. The molecule has 4 nitrogen and oxygen atoms in total. The van der Waals surface area contributed by atoms with Gasteiger partial charge in [0.2, 0.25) is 0 Å². The van der Waals surface area contributed by atoms with Crippen LogP contribution in [-0.4, -0.2) is 17.0 Å². The molecule has 0 aromatic carbocycles. The van der Waals surface area contributed by atoms with E-state index in [0.29, 0.717) is 12.5 Å². The molecule has 17 heavy (non-hydrogen) atoms. The molecule has 1 aromatic heterocycles. The Bertz CT molecular complexity index is 405.